The first-order valence-corrected chi connectivity index (χ1v) is 7.84. The van der Waals surface area contributed by atoms with E-state index in [1.54, 1.807) is 0 Å². The zero-order valence-corrected chi connectivity index (χ0v) is 12.3. The van der Waals surface area contributed by atoms with Crippen LogP contribution in [0.1, 0.15) is 31.2 Å². The zero-order valence-electron chi connectivity index (χ0n) is 12.3. The fraction of sp³-hybridized carbons (Fsp3) is 0.471. The lowest BCUT2D eigenvalue weighted by Crippen LogP contribution is -2.45. The van der Waals surface area contributed by atoms with E-state index in [4.69, 9.17) is 5.73 Å². The van der Waals surface area contributed by atoms with Gasteiger partial charge < -0.3 is 15.6 Å². The summed E-state index contributed by atoms with van der Waals surface area (Å²) in [6.45, 7) is 1.54. The van der Waals surface area contributed by atoms with E-state index in [-0.39, 0.29) is 5.91 Å². The Morgan fingerprint density at radius 2 is 2.19 bits per heavy atom. The second-order valence-corrected chi connectivity index (χ2v) is 5.85. The number of nitrogens with two attached hydrogens (primary N) is 1. The van der Waals surface area contributed by atoms with Gasteiger partial charge in [0.1, 0.15) is 0 Å². The van der Waals surface area contributed by atoms with Gasteiger partial charge in [0, 0.05) is 29.7 Å². The van der Waals surface area contributed by atoms with Gasteiger partial charge in [0.2, 0.25) is 5.91 Å². The summed E-state index contributed by atoms with van der Waals surface area (Å²) in [6.07, 6.45) is 6.77. The van der Waals surface area contributed by atoms with Crippen LogP contribution in [0.2, 0.25) is 0 Å². The normalized spacial score (nSPS) is 19.1. The van der Waals surface area contributed by atoms with Crippen molar-refractivity contribution in [3.8, 4) is 0 Å². The molecule has 0 bridgehead atoms. The summed E-state index contributed by atoms with van der Waals surface area (Å²) in [4.78, 5) is 18.0. The summed E-state index contributed by atoms with van der Waals surface area (Å²) in [5, 5.41) is 1.15. The molecule has 0 aliphatic carbocycles. The number of rotatable bonds is 4. The van der Waals surface area contributed by atoms with Crippen molar-refractivity contribution in [3.63, 3.8) is 0 Å². The number of H-pyrrole nitrogens is 1. The number of fused-ring (bicyclic) bond motifs is 1. The zero-order chi connectivity index (χ0) is 14.7. The Hall–Kier alpha value is -1.81. The minimum Gasteiger partial charge on any atom is -0.361 e. The molecule has 3 rings (SSSR count). The van der Waals surface area contributed by atoms with Crippen LogP contribution in [0.4, 0.5) is 0 Å². The molecule has 1 fully saturated rings. The number of carbonyl (C=O) groups is 1. The van der Waals surface area contributed by atoms with Crippen molar-refractivity contribution >= 4 is 16.8 Å². The van der Waals surface area contributed by atoms with Crippen molar-refractivity contribution in [1.82, 2.24) is 9.88 Å². The Balaban J connectivity index is 1.75. The van der Waals surface area contributed by atoms with E-state index < -0.39 is 0 Å². The van der Waals surface area contributed by atoms with Crippen molar-refractivity contribution < 1.29 is 4.79 Å². The van der Waals surface area contributed by atoms with Crippen LogP contribution in [0.25, 0.3) is 10.9 Å². The number of aromatic amines is 1. The van der Waals surface area contributed by atoms with Gasteiger partial charge in [-0.2, -0.15) is 0 Å². The van der Waals surface area contributed by atoms with Gasteiger partial charge in [0.15, 0.2) is 0 Å². The second-order valence-electron chi connectivity index (χ2n) is 5.85. The molecule has 1 aromatic heterocycles. The third-order valence-corrected chi connectivity index (χ3v) is 4.46. The van der Waals surface area contributed by atoms with E-state index in [1.807, 2.05) is 24.4 Å². The Labute approximate surface area is 125 Å². The van der Waals surface area contributed by atoms with Crippen LogP contribution in [-0.2, 0) is 11.2 Å². The third-order valence-electron chi connectivity index (χ3n) is 4.46. The number of aromatic nitrogens is 1. The number of benzene rings is 1. The topological polar surface area (TPSA) is 62.1 Å². The SMILES string of the molecule is NCCC1CCCCN1C(=O)Cc1c[nH]c2ccccc12. The Morgan fingerprint density at radius 3 is 3.05 bits per heavy atom. The van der Waals surface area contributed by atoms with Gasteiger partial charge in [-0.3, -0.25) is 4.79 Å². The highest BCUT2D eigenvalue weighted by Crippen LogP contribution is 2.23. The molecule has 21 heavy (non-hydrogen) atoms. The van der Waals surface area contributed by atoms with Gasteiger partial charge >= 0.3 is 0 Å². The monoisotopic (exact) mass is 285 g/mol. The molecule has 112 valence electrons. The number of hydrogen-bond acceptors (Lipinski definition) is 2. The number of para-hydroxylation sites is 1. The summed E-state index contributed by atoms with van der Waals surface area (Å²) in [5.74, 6) is 0.234. The van der Waals surface area contributed by atoms with Crippen LogP contribution in [0.5, 0.6) is 0 Å². The minimum atomic E-state index is 0.234. The highest BCUT2D eigenvalue weighted by Gasteiger charge is 2.26. The molecule has 0 saturated carbocycles. The van der Waals surface area contributed by atoms with Gasteiger partial charge in [0.05, 0.1) is 6.42 Å². The van der Waals surface area contributed by atoms with E-state index in [0.717, 1.165) is 42.3 Å². The fourth-order valence-corrected chi connectivity index (χ4v) is 3.36. The van der Waals surface area contributed by atoms with Crippen LogP contribution < -0.4 is 5.73 Å². The number of hydrogen-bond donors (Lipinski definition) is 2. The average Bonchev–Trinajstić information content (AvgIpc) is 2.91. The lowest BCUT2D eigenvalue weighted by molar-refractivity contribution is -0.134. The summed E-state index contributed by atoms with van der Waals surface area (Å²) in [5.41, 5.74) is 7.87. The molecule has 1 atom stereocenters. The highest BCUT2D eigenvalue weighted by atomic mass is 16.2. The summed E-state index contributed by atoms with van der Waals surface area (Å²) < 4.78 is 0. The van der Waals surface area contributed by atoms with Crippen LogP contribution in [-0.4, -0.2) is 34.9 Å². The Kier molecular flexibility index (Phi) is 4.25. The van der Waals surface area contributed by atoms with E-state index in [0.29, 0.717) is 19.0 Å². The van der Waals surface area contributed by atoms with Crippen LogP contribution >= 0.6 is 0 Å². The molecular weight excluding hydrogens is 262 g/mol. The lowest BCUT2D eigenvalue weighted by atomic mass is 9.98. The van der Waals surface area contributed by atoms with Crippen molar-refractivity contribution in [2.45, 2.75) is 38.1 Å². The molecule has 1 saturated heterocycles. The van der Waals surface area contributed by atoms with Gasteiger partial charge in [-0.1, -0.05) is 18.2 Å². The summed E-state index contributed by atoms with van der Waals surface area (Å²) >= 11 is 0. The molecule has 1 amide bonds. The number of piperidine rings is 1. The van der Waals surface area contributed by atoms with E-state index in [9.17, 15) is 4.79 Å². The molecule has 2 aromatic rings. The minimum absolute atomic E-state index is 0.234. The maximum Gasteiger partial charge on any atom is 0.227 e. The molecule has 4 heteroatoms. The number of likely N-dealkylation sites (tertiary alicyclic amines) is 1. The predicted molar refractivity (Wildman–Crippen MR) is 85.0 cm³/mol. The molecule has 4 nitrogen and oxygen atoms in total. The average molecular weight is 285 g/mol. The van der Waals surface area contributed by atoms with Gasteiger partial charge in [-0.05, 0) is 43.9 Å². The lowest BCUT2D eigenvalue weighted by Gasteiger charge is -2.35. The van der Waals surface area contributed by atoms with Gasteiger partial charge in [0.25, 0.3) is 0 Å². The van der Waals surface area contributed by atoms with E-state index >= 15 is 0 Å². The quantitative estimate of drug-likeness (QED) is 0.906. The molecule has 3 N–H and O–H groups in total. The molecule has 0 radical (unpaired) electrons. The first-order valence-electron chi connectivity index (χ1n) is 7.84. The third kappa shape index (κ3) is 2.95. The van der Waals surface area contributed by atoms with Crippen molar-refractivity contribution in [1.29, 1.82) is 0 Å². The summed E-state index contributed by atoms with van der Waals surface area (Å²) in [6, 6.07) is 8.47. The van der Waals surface area contributed by atoms with Crippen molar-refractivity contribution in [2.24, 2.45) is 5.73 Å². The van der Waals surface area contributed by atoms with E-state index in [2.05, 4.69) is 16.0 Å². The number of carbonyl (C=O) groups excluding carboxylic acids is 1. The largest absolute Gasteiger partial charge is 0.361 e. The maximum atomic E-state index is 12.7. The first kappa shape index (κ1) is 14.1. The second kappa shape index (κ2) is 6.31. The summed E-state index contributed by atoms with van der Waals surface area (Å²) in [7, 11) is 0. The predicted octanol–water partition coefficient (Wildman–Crippen LogP) is 2.44. The Bertz CT molecular complexity index is 617. The molecule has 0 spiro atoms. The fourth-order valence-electron chi connectivity index (χ4n) is 3.36. The van der Waals surface area contributed by atoms with Crippen molar-refractivity contribution in [3.05, 3.63) is 36.0 Å². The molecule has 1 aliphatic heterocycles. The highest BCUT2D eigenvalue weighted by molar-refractivity contribution is 5.89. The van der Waals surface area contributed by atoms with E-state index in [1.165, 1.54) is 6.42 Å². The molecular formula is C17H23N3O. The van der Waals surface area contributed by atoms with Crippen LogP contribution in [0.15, 0.2) is 30.5 Å². The number of nitrogens with zero attached hydrogens (tertiary/aromatic N) is 1. The standard InChI is InChI=1S/C17H23N3O/c18-9-8-14-5-3-4-10-20(14)17(21)11-13-12-19-16-7-2-1-6-15(13)16/h1-2,6-7,12,14,19H,3-5,8-11,18H2. The molecule has 1 unspecified atom stereocenters. The molecule has 2 heterocycles. The molecule has 1 aliphatic rings. The van der Waals surface area contributed by atoms with Crippen molar-refractivity contribution in [2.75, 3.05) is 13.1 Å². The van der Waals surface area contributed by atoms with Gasteiger partial charge in [-0.15, -0.1) is 0 Å². The number of nitrogens with one attached hydrogen (secondary N) is 1. The van der Waals surface area contributed by atoms with Crippen LogP contribution in [0.3, 0.4) is 0 Å². The number of amides is 1. The first-order chi connectivity index (χ1) is 10.3. The molecule has 1 aromatic carbocycles. The Morgan fingerprint density at radius 1 is 1.33 bits per heavy atom. The smallest absolute Gasteiger partial charge is 0.227 e. The van der Waals surface area contributed by atoms with Gasteiger partial charge in [-0.25, -0.2) is 0 Å². The maximum absolute atomic E-state index is 12.7. The van der Waals surface area contributed by atoms with Crippen LogP contribution in [0, 0.1) is 0 Å².